The molecule has 2 heterocycles. The van der Waals surface area contributed by atoms with Gasteiger partial charge in [0.2, 0.25) is 20.0 Å². The third kappa shape index (κ3) is 19.1. The van der Waals surface area contributed by atoms with Crippen molar-refractivity contribution in [2.75, 3.05) is 27.3 Å². The molecule has 2 aromatic heterocycles. The predicted octanol–water partition coefficient (Wildman–Crippen LogP) is 9.06. The van der Waals surface area contributed by atoms with E-state index in [4.69, 9.17) is 14.2 Å². The average molecular weight is 1140 g/mol. The van der Waals surface area contributed by atoms with Crippen LogP contribution in [-0.2, 0) is 61.4 Å². The highest BCUT2D eigenvalue weighted by Gasteiger charge is 2.29. The second kappa shape index (κ2) is 28.8. The van der Waals surface area contributed by atoms with E-state index in [0.717, 1.165) is 65.0 Å². The van der Waals surface area contributed by atoms with E-state index < -0.39 is 32.0 Å². The number of rotatable bonds is 17. The van der Waals surface area contributed by atoms with Crippen LogP contribution >= 0.6 is 38.6 Å². The number of hydrogen-bond donors (Lipinski definition) is 4. The number of halogens is 1. The molecule has 4 aromatic rings. The molecule has 2 aromatic carbocycles. The fourth-order valence-corrected chi connectivity index (χ4v) is 13.3. The summed E-state index contributed by atoms with van der Waals surface area (Å²) < 4.78 is 75.4. The minimum atomic E-state index is -3.77. The summed E-state index contributed by atoms with van der Waals surface area (Å²) in [5, 5.41) is 8.02. The zero-order valence-electron chi connectivity index (χ0n) is 42.4. The Balaban J connectivity index is 0.000000257. The third-order valence-corrected chi connectivity index (χ3v) is 17.6. The van der Waals surface area contributed by atoms with Crippen molar-refractivity contribution in [3.63, 3.8) is 0 Å². The largest absolute Gasteiger partial charge is 0.469 e. The monoisotopic (exact) mass is 1140 g/mol. The molecule has 0 unspecified atom stereocenters. The maximum atomic E-state index is 12.9. The molecule has 0 atom stereocenters. The maximum Gasteiger partial charge on any atom is 0.407 e. The van der Waals surface area contributed by atoms with E-state index in [1.165, 1.54) is 42.7 Å². The van der Waals surface area contributed by atoms with E-state index in [-0.39, 0.29) is 71.6 Å². The van der Waals surface area contributed by atoms with Crippen molar-refractivity contribution < 1.29 is 55.0 Å². The van der Waals surface area contributed by atoms with Crippen molar-refractivity contribution >= 4 is 82.8 Å². The number of thiazole rings is 2. The normalized spacial score (nSPS) is 17.9. The molecule has 4 N–H and O–H groups in total. The number of sulfonamides is 2. The lowest BCUT2D eigenvalue weighted by Crippen LogP contribution is -2.38. The Morgan fingerprint density at radius 2 is 1.08 bits per heavy atom. The number of aryl methyl sites for hydroxylation is 1. The number of nitrogens with zero attached hydrogens (tertiary/aromatic N) is 2. The van der Waals surface area contributed by atoms with Crippen molar-refractivity contribution in [1.82, 2.24) is 30.0 Å². The lowest BCUT2D eigenvalue weighted by Gasteiger charge is -2.28. The fraction of sp³-hybridized carbons (Fsp3) is 0.551. The Hall–Kier alpha value is -4.52. The van der Waals surface area contributed by atoms with Gasteiger partial charge in [-0.15, -0.1) is 22.7 Å². The summed E-state index contributed by atoms with van der Waals surface area (Å²) in [6.45, 7) is 13.1. The molecular weight excluding hydrogens is 1070 g/mol. The van der Waals surface area contributed by atoms with Crippen LogP contribution in [0.4, 0.5) is 9.59 Å². The summed E-state index contributed by atoms with van der Waals surface area (Å²) in [4.78, 5) is 56.4. The predicted molar refractivity (Wildman–Crippen MR) is 281 cm³/mol. The number of ether oxygens (including phenoxy) is 4. The van der Waals surface area contributed by atoms with Crippen molar-refractivity contribution in [3.8, 4) is 10.4 Å². The molecule has 6 rings (SSSR count). The van der Waals surface area contributed by atoms with E-state index in [0.29, 0.717) is 34.7 Å². The van der Waals surface area contributed by atoms with Crippen molar-refractivity contribution in [1.29, 1.82) is 0 Å². The number of amides is 2. The van der Waals surface area contributed by atoms with Crippen LogP contribution in [0.3, 0.4) is 0 Å². The lowest BCUT2D eigenvalue weighted by molar-refractivity contribution is -0.140. The number of nitrogens with one attached hydrogen (secondary N) is 4. The number of esters is 2. The van der Waals surface area contributed by atoms with E-state index in [1.807, 2.05) is 33.9 Å². The maximum absolute atomic E-state index is 12.9. The summed E-state index contributed by atoms with van der Waals surface area (Å²) in [6, 6.07) is 10.2. The van der Waals surface area contributed by atoms with Crippen molar-refractivity contribution in [3.05, 3.63) is 79.3 Å². The second-order valence-corrected chi connectivity index (χ2v) is 24.8. The fourth-order valence-electron chi connectivity index (χ4n) is 8.02. The zero-order valence-corrected chi connectivity index (χ0v) is 47.2. The number of hydrogen-bond acceptors (Lipinski definition) is 16. The highest BCUT2D eigenvalue weighted by Crippen LogP contribution is 2.40. The van der Waals surface area contributed by atoms with Gasteiger partial charge < -0.3 is 29.6 Å². The van der Waals surface area contributed by atoms with Gasteiger partial charge in [0.1, 0.15) is 0 Å². The van der Waals surface area contributed by atoms with Gasteiger partial charge in [0.05, 0.1) is 73.9 Å². The Bertz CT molecular complexity index is 2640. The highest BCUT2D eigenvalue weighted by atomic mass is 79.9. The van der Waals surface area contributed by atoms with Gasteiger partial charge in [-0.1, -0.05) is 38.1 Å². The van der Waals surface area contributed by atoms with Crippen LogP contribution in [0.1, 0.15) is 131 Å². The molecular formula is C49H69BrN6O12S4. The molecule has 2 fully saturated rings. The molecule has 0 bridgehead atoms. The van der Waals surface area contributed by atoms with Crippen molar-refractivity contribution in [2.45, 2.75) is 159 Å². The first-order valence-electron chi connectivity index (χ1n) is 23.9. The minimum Gasteiger partial charge on any atom is -0.469 e. The van der Waals surface area contributed by atoms with Crippen LogP contribution in [0.25, 0.3) is 10.4 Å². The van der Waals surface area contributed by atoms with Crippen LogP contribution in [-0.4, -0.2) is 103 Å². The van der Waals surface area contributed by atoms with E-state index in [2.05, 4.69) is 50.7 Å². The van der Waals surface area contributed by atoms with Crippen LogP contribution < -0.4 is 20.1 Å². The van der Waals surface area contributed by atoms with Crippen LogP contribution in [0.2, 0.25) is 0 Å². The lowest BCUT2D eigenvalue weighted by atomic mass is 9.86. The molecule has 2 aliphatic carbocycles. The van der Waals surface area contributed by atoms with Gasteiger partial charge in [0.15, 0.2) is 0 Å². The Morgan fingerprint density at radius 3 is 1.51 bits per heavy atom. The standard InChI is InChI=1S/C24H33N3O6S2.C13H19BrN2O2S.C12H17NO4S/c1-5-26-35(30,31)21-12-16(13-22(28)32-4)6-11-19(21)20-14-25-23(34-20)17-7-9-18(10-8-17)27-24(29)33-15(2)3;1-8(2)18-13(17)16-10-5-3-9(4-6-10)12-15-7-11(14)19-12;1-4-13-18(15,16)11-7-10(6-5-9(11)2)8-12(14)17-3/h6,11-12,14-15,17-18,26H,5,7-10,13H2,1-4H3,(H,27,29);7-10H,3-6H2,1-2H3,(H,16,17);5-7,13H,4,8H2,1-3H3. The van der Waals surface area contributed by atoms with Gasteiger partial charge in [-0.05, 0) is 131 Å². The molecule has 2 amide bonds. The molecule has 0 saturated heterocycles. The van der Waals surface area contributed by atoms with E-state index in [9.17, 15) is 36.0 Å². The summed E-state index contributed by atoms with van der Waals surface area (Å²) in [5.74, 6) is -0.0475. The summed E-state index contributed by atoms with van der Waals surface area (Å²) in [5.41, 5.74) is 2.37. The smallest absolute Gasteiger partial charge is 0.407 e. The topological polar surface area (TPSA) is 247 Å². The first kappa shape index (κ1) is 60.0. The Morgan fingerprint density at radius 1 is 0.653 bits per heavy atom. The number of benzene rings is 2. The van der Waals surface area contributed by atoms with Crippen LogP contribution in [0.15, 0.2) is 62.4 Å². The van der Waals surface area contributed by atoms with Gasteiger partial charge in [0.25, 0.3) is 0 Å². The van der Waals surface area contributed by atoms with Gasteiger partial charge in [-0.3, -0.25) is 9.59 Å². The van der Waals surface area contributed by atoms with Crippen molar-refractivity contribution in [2.24, 2.45) is 0 Å². The van der Waals surface area contributed by atoms with Gasteiger partial charge in [-0.25, -0.2) is 45.8 Å². The van der Waals surface area contributed by atoms with Crippen LogP contribution in [0.5, 0.6) is 0 Å². The molecule has 23 heteroatoms. The summed E-state index contributed by atoms with van der Waals surface area (Å²) in [7, 11) is -4.68. The average Bonchev–Trinajstić information content (AvgIpc) is 4.00. The van der Waals surface area contributed by atoms with Crippen LogP contribution in [0, 0.1) is 6.92 Å². The number of carbonyl (C=O) groups is 4. The van der Waals surface area contributed by atoms with E-state index in [1.54, 1.807) is 62.6 Å². The number of alkyl carbamates (subject to hydrolysis) is 2. The molecule has 18 nitrogen and oxygen atoms in total. The number of aromatic nitrogens is 2. The quantitative estimate of drug-likeness (QED) is 0.0569. The molecule has 0 radical (unpaired) electrons. The first-order valence-corrected chi connectivity index (χ1v) is 29.3. The molecule has 0 aliphatic heterocycles. The SMILES string of the molecule is CC(C)OC(=O)NC1CCC(c2ncc(Br)s2)CC1.CCNS(=O)(=O)c1cc(CC(=O)OC)ccc1-c1cnc(C2CCC(NC(=O)OC(C)C)CC2)s1.CCNS(=O)(=O)c1cc(CC(=O)OC)ccc1C. The Kier molecular flexibility index (Phi) is 24.0. The Labute approximate surface area is 440 Å². The van der Waals surface area contributed by atoms with E-state index >= 15 is 0 Å². The third-order valence-electron chi connectivity index (χ3n) is 11.5. The van der Waals surface area contributed by atoms with Gasteiger partial charge in [-0.2, -0.15) is 0 Å². The van der Waals surface area contributed by atoms with Gasteiger partial charge in [0, 0.05) is 48.8 Å². The minimum absolute atomic E-state index is 0.0125. The molecule has 0 spiro atoms. The number of methoxy groups -OCH3 is 2. The first-order chi connectivity index (χ1) is 34.1. The second-order valence-electron chi connectivity index (χ2n) is 17.8. The summed E-state index contributed by atoms with van der Waals surface area (Å²) >= 11 is 6.64. The molecule has 72 heavy (non-hydrogen) atoms. The summed E-state index contributed by atoms with van der Waals surface area (Å²) in [6.07, 6.45) is 10.3. The molecule has 2 aliphatic rings. The number of carbonyl (C=O) groups excluding carboxylic acids is 4. The zero-order chi connectivity index (χ0) is 53.2. The molecule has 2 saturated carbocycles. The van der Waals surface area contributed by atoms with Gasteiger partial charge >= 0.3 is 24.1 Å². The highest BCUT2D eigenvalue weighted by molar-refractivity contribution is 9.11. The molecule has 398 valence electrons.